The minimum Gasteiger partial charge on any atom is -0.465 e. The molecule has 30 heavy (non-hydrogen) atoms. The Bertz CT molecular complexity index is 1140. The Balaban J connectivity index is 1.64. The molecule has 0 amide bonds. The molecule has 0 unspecified atom stereocenters. The first-order valence-corrected chi connectivity index (χ1v) is 9.32. The largest absolute Gasteiger partial charge is 0.465 e. The number of pyridine rings is 1. The van der Waals surface area contributed by atoms with E-state index < -0.39 is 18.0 Å². The highest BCUT2D eigenvalue weighted by Crippen LogP contribution is 2.41. The summed E-state index contributed by atoms with van der Waals surface area (Å²) in [6.45, 7) is 3.64. The number of nitrogens with zero attached hydrogens (tertiary/aromatic N) is 5. The second-order valence-corrected chi connectivity index (χ2v) is 7.21. The summed E-state index contributed by atoms with van der Waals surface area (Å²) in [5, 5.41) is 14.0. The van der Waals surface area contributed by atoms with Gasteiger partial charge in [-0.1, -0.05) is 0 Å². The number of alkyl halides is 3. The summed E-state index contributed by atoms with van der Waals surface area (Å²) in [4.78, 5) is 16.5. The monoisotopic (exact) mass is 420 g/mol. The highest BCUT2D eigenvalue weighted by Gasteiger charge is 2.38. The predicted molar refractivity (Wildman–Crippen MR) is 100 cm³/mol. The van der Waals surface area contributed by atoms with Crippen molar-refractivity contribution >= 4 is 17.4 Å². The molecule has 0 aliphatic heterocycles. The number of nitrogens with one attached hydrogen (secondary N) is 1. The molecule has 1 saturated carbocycles. The van der Waals surface area contributed by atoms with Crippen molar-refractivity contribution in [1.29, 1.82) is 0 Å². The van der Waals surface area contributed by atoms with Gasteiger partial charge in [-0.05, 0) is 44.4 Å². The Labute approximate surface area is 169 Å². The van der Waals surface area contributed by atoms with Crippen LogP contribution in [0.15, 0.2) is 12.1 Å². The first-order valence-electron chi connectivity index (χ1n) is 9.32. The number of anilines is 1. The summed E-state index contributed by atoms with van der Waals surface area (Å²) >= 11 is 0. The predicted octanol–water partition coefficient (Wildman–Crippen LogP) is 3.43. The molecule has 0 saturated heterocycles. The topological polar surface area (TPSA) is 94.3 Å². The van der Waals surface area contributed by atoms with Crippen molar-refractivity contribution < 1.29 is 22.7 Å². The summed E-state index contributed by atoms with van der Waals surface area (Å²) in [6, 6.07) is 3.35. The van der Waals surface area contributed by atoms with Crippen LogP contribution in [-0.2, 0) is 17.5 Å². The van der Waals surface area contributed by atoms with Crippen LogP contribution in [0, 0.1) is 13.8 Å². The van der Waals surface area contributed by atoms with Gasteiger partial charge < -0.3 is 10.1 Å². The van der Waals surface area contributed by atoms with E-state index in [2.05, 4.69) is 25.6 Å². The van der Waals surface area contributed by atoms with Crippen LogP contribution in [0.3, 0.4) is 0 Å². The number of fused-ring (bicyclic) bond motifs is 1. The van der Waals surface area contributed by atoms with E-state index in [1.807, 2.05) is 0 Å². The number of hydrogen-bond acceptors (Lipinski definition) is 7. The molecule has 0 radical (unpaired) electrons. The maximum atomic E-state index is 13.2. The number of ether oxygens (including phenoxy) is 1. The van der Waals surface area contributed by atoms with Gasteiger partial charge in [0.1, 0.15) is 0 Å². The Morgan fingerprint density at radius 1 is 1.23 bits per heavy atom. The van der Waals surface area contributed by atoms with Crippen LogP contribution in [0.25, 0.3) is 5.65 Å². The summed E-state index contributed by atoms with van der Waals surface area (Å²) in [7, 11) is 1.32. The van der Waals surface area contributed by atoms with Gasteiger partial charge in [0.15, 0.2) is 11.5 Å². The van der Waals surface area contributed by atoms with Gasteiger partial charge in [0.25, 0.3) is 5.82 Å². The smallest absolute Gasteiger partial charge is 0.453 e. The van der Waals surface area contributed by atoms with Gasteiger partial charge in [-0.25, -0.2) is 4.79 Å². The molecule has 0 spiro atoms. The van der Waals surface area contributed by atoms with E-state index in [1.54, 1.807) is 26.0 Å². The maximum absolute atomic E-state index is 13.2. The summed E-state index contributed by atoms with van der Waals surface area (Å²) in [6.07, 6.45) is -2.76. The van der Waals surface area contributed by atoms with Crippen molar-refractivity contribution in [2.24, 2.45) is 0 Å². The zero-order chi connectivity index (χ0) is 21.6. The fourth-order valence-electron chi connectivity index (χ4n) is 3.21. The van der Waals surface area contributed by atoms with Gasteiger partial charge in [0, 0.05) is 11.5 Å². The van der Waals surface area contributed by atoms with E-state index in [0.29, 0.717) is 32.6 Å². The van der Waals surface area contributed by atoms with Crippen molar-refractivity contribution in [3.8, 4) is 0 Å². The summed E-state index contributed by atoms with van der Waals surface area (Å²) < 4.78 is 45.1. The van der Waals surface area contributed by atoms with Crippen LogP contribution >= 0.6 is 0 Å². The lowest BCUT2D eigenvalue weighted by atomic mass is 10.1. The minimum atomic E-state index is -4.67. The Morgan fingerprint density at radius 2 is 1.97 bits per heavy atom. The highest BCUT2D eigenvalue weighted by molar-refractivity contribution is 5.90. The molecule has 1 aliphatic carbocycles. The van der Waals surface area contributed by atoms with Crippen molar-refractivity contribution in [2.75, 3.05) is 12.4 Å². The number of hydrogen-bond donors (Lipinski definition) is 1. The van der Waals surface area contributed by atoms with Crippen LogP contribution in [0.5, 0.6) is 0 Å². The number of aromatic nitrogens is 5. The normalized spacial score (nSPS) is 14.2. The molecule has 3 aromatic heterocycles. The molecule has 3 aromatic rings. The van der Waals surface area contributed by atoms with Crippen LogP contribution in [0.2, 0.25) is 0 Å². The zero-order valence-corrected chi connectivity index (χ0v) is 16.5. The maximum Gasteiger partial charge on any atom is 0.453 e. The average Bonchev–Trinajstić information content (AvgIpc) is 3.46. The number of halogens is 3. The fourth-order valence-corrected chi connectivity index (χ4v) is 3.21. The molecule has 0 bridgehead atoms. The zero-order valence-electron chi connectivity index (χ0n) is 16.5. The van der Waals surface area contributed by atoms with Crippen molar-refractivity contribution in [3.05, 3.63) is 46.0 Å². The minimum absolute atomic E-state index is 0.0574. The molecule has 3 heterocycles. The Morgan fingerprint density at radius 3 is 2.60 bits per heavy atom. The molecule has 8 nitrogen and oxygen atoms in total. The molecule has 11 heteroatoms. The fraction of sp³-hybridized carbons (Fsp3) is 0.421. The van der Waals surface area contributed by atoms with Crippen molar-refractivity contribution in [2.45, 2.75) is 45.3 Å². The third-order valence-electron chi connectivity index (χ3n) is 5.14. The number of aryl methyl sites for hydroxylation is 1. The van der Waals surface area contributed by atoms with Crippen LogP contribution in [0.1, 0.15) is 57.5 Å². The highest BCUT2D eigenvalue weighted by atomic mass is 19.4. The number of methoxy groups -OCH3 is 1. The van der Waals surface area contributed by atoms with E-state index in [1.165, 1.54) is 7.11 Å². The lowest BCUT2D eigenvalue weighted by molar-refractivity contribution is -0.146. The first-order chi connectivity index (χ1) is 14.2. The molecular weight excluding hydrogens is 401 g/mol. The van der Waals surface area contributed by atoms with Gasteiger partial charge in [0.05, 0.1) is 30.6 Å². The van der Waals surface area contributed by atoms with E-state index >= 15 is 0 Å². The number of carbonyl (C=O) groups is 1. The Hall–Kier alpha value is -3.24. The standard InChI is InChI=1S/C19H19F3N6O2/c1-9-10(2)16-25-26-18(19(20,21)22)28(16)27-15(9)23-8-12-6-7-13(17(29)30-3)14(24-12)11-4-5-11/h6-7,11H,4-5,8H2,1-3H3,(H,23,27). The van der Waals surface area contributed by atoms with E-state index in [9.17, 15) is 18.0 Å². The number of esters is 1. The SMILES string of the molecule is COC(=O)c1ccc(CNc2nn3c(C(F)(F)F)nnc3c(C)c2C)nc1C1CC1. The molecular formula is C19H19F3N6O2. The average molecular weight is 420 g/mol. The first kappa shape index (κ1) is 20.0. The third kappa shape index (κ3) is 3.55. The number of carbonyl (C=O) groups excluding carboxylic acids is 1. The van der Waals surface area contributed by atoms with Gasteiger partial charge in [0.2, 0.25) is 0 Å². The number of rotatable bonds is 5. The Kier molecular flexibility index (Phi) is 4.83. The van der Waals surface area contributed by atoms with Crippen molar-refractivity contribution in [3.63, 3.8) is 0 Å². The molecule has 158 valence electrons. The van der Waals surface area contributed by atoms with Crippen LogP contribution in [0.4, 0.5) is 19.0 Å². The molecule has 0 atom stereocenters. The van der Waals surface area contributed by atoms with Gasteiger partial charge >= 0.3 is 12.1 Å². The van der Waals surface area contributed by atoms with Crippen LogP contribution in [-0.4, -0.2) is 37.9 Å². The molecule has 4 rings (SSSR count). The lowest BCUT2D eigenvalue weighted by Gasteiger charge is -2.13. The van der Waals surface area contributed by atoms with E-state index in [0.717, 1.165) is 12.8 Å². The molecule has 1 fully saturated rings. The second-order valence-electron chi connectivity index (χ2n) is 7.21. The van der Waals surface area contributed by atoms with Gasteiger partial charge in [-0.2, -0.15) is 17.7 Å². The molecule has 0 aromatic carbocycles. The van der Waals surface area contributed by atoms with Gasteiger partial charge in [-0.3, -0.25) is 4.98 Å². The van der Waals surface area contributed by atoms with E-state index in [4.69, 9.17) is 4.74 Å². The van der Waals surface area contributed by atoms with Gasteiger partial charge in [-0.15, -0.1) is 15.3 Å². The molecule has 1 aliphatic rings. The molecule has 1 N–H and O–H groups in total. The quantitative estimate of drug-likeness (QED) is 0.632. The summed E-state index contributed by atoms with van der Waals surface area (Å²) in [5.41, 5.74) is 3.04. The third-order valence-corrected chi connectivity index (χ3v) is 5.14. The van der Waals surface area contributed by atoms with Crippen LogP contribution < -0.4 is 5.32 Å². The second kappa shape index (κ2) is 7.22. The van der Waals surface area contributed by atoms with Crippen molar-refractivity contribution in [1.82, 2.24) is 24.8 Å². The summed E-state index contributed by atoms with van der Waals surface area (Å²) in [5.74, 6) is -1.11. The van der Waals surface area contributed by atoms with E-state index in [-0.39, 0.29) is 23.9 Å². The lowest BCUT2D eigenvalue weighted by Crippen LogP contribution is -2.15.